The van der Waals surface area contributed by atoms with Gasteiger partial charge in [-0.15, -0.1) is 0 Å². The zero-order chi connectivity index (χ0) is 16.0. The van der Waals surface area contributed by atoms with Crippen LogP contribution in [0.25, 0.3) is 0 Å². The molecule has 0 saturated heterocycles. The first-order valence-corrected chi connectivity index (χ1v) is 7.36. The fourth-order valence-electron chi connectivity index (χ4n) is 2.49. The van der Waals surface area contributed by atoms with Gasteiger partial charge in [0.05, 0.1) is 0 Å². The summed E-state index contributed by atoms with van der Waals surface area (Å²) in [4.78, 5) is 30.1. The molecule has 1 aromatic heterocycles. The summed E-state index contributed by atoms with van der Waals surface area (Å²) in [6.45, 7) is 8.16. The maximum absolute atomic E-state index is 12.2. The van der Waals surface area contributed by atoms with Gasteiger partial charge in [-0.2, -0.15) is 0 Å². The van der Waals surface area contributed by atoms with Gasteiger partial charge in [-0.05, 0) is 33.1 Å². The highest BCUT2D eigenvalue weighted by molar-refractivity contribution is 5.67. The molecule has 2 N–H and O–H groups in total. The second kappa shape index (κ2) is 7.36. The number of aromatic nitrogens is 2. The minimum atomic E-state index is -0.927. The maximum Gasteiger partial charge on any atom is 0.303 e. The monoisotopic (exact) mass is 296 g/mol. The van der Waals surface area contributed by atoms with Crippen molar-refractivity contribution in [2.45, 2.75) is 59.0 Å². The molecule has 0 saturated carbocycles. The molecule has 1 rings (SSSR count). The third kappa shape index (κ3) is 3.91. The number of hydrogen-bond acceptors (Lipinski definition) is 4. The first-order valence-electron chi connectivity index (χ1n) is 7.36. The fourth-order valence-corrected chi connectivity index (χ4v) is 2.49. The Kier molecular flexibility index (Phi) is 6.08. The van der Waals surface area contributed by atoms with Crippen molar-refractivity contribution in [2.75, 3.05) is 6.61 Å². The van der Waals surface area contributed by atoms with E-state index in [-0.39, 0.29) is 18.4 Å². The molecule has 0 spiro atoms. The number of H-pyrrole nitrogens is 1. The van der Waals surface area contributed by atoms with Crippen LogP contribution in [0.2, 0.25) is 0 Å². The highest BCUT2D eigenvalue weighted by Gasteiger charge is 2.32. The summed E-state index contributed by atoms with van der Waals surface area (Å²) < 4.78 is 5.84. The summed E-state index contributed by atoms with van der Waals surface area (Å²) in [7, 11) is 0. The van der Waals surface area contributed by atoms with Crippen LogP contribution < -0.4 is 5.56 Å². The van der Waals surface area contributed by atoms with Gasteiger partial charge in [0.2, 0.25) is 0 Å². The molecule has 21 heavy (non-hydrogen) atoms. The normalized spacial score (nSPS) is 11.6. The molecule has 0 bridgehead atoms. The van der Waals surface area contributed by atoms with E-state index in [0.717, 1.165) is 0 Å². The number of aryl methyl sites for hydroxylation is 1. The Balaban J connectivity index is 3.23. The van der Waals surface area contributed by atoms with Gasteiger partial charge < -0.3 is 14.8 Å². The summed E-state index contributed by atoms with van der Waals surface area (Å²) in [6.07, 6.45) is 1.51. The van der Waals surface area contributed by atoms with E-state index in [9.17, 15) is 9.59 Å². The molecule has 0 radical (unpaired) electrons. The van der Waals surface area contributed by atoms with Gasteiger partial charge in [0.15, 0.2) is 0 Å². The van der Waals surface area contributed by atoms with Crippen molar-refractivity contribution >= 4 is 5.97 Å². The molecule has 0 unspecified atom stereocenters. The first kappa shape index (κ1) is 17.4. The SMILES string of the molecule is CCOC(CC)(CC)c1nc(C)c(CCC(=O)O)c(=O)[nH]1. The van der Waals surface area contributed by atoms with Crippen LogP contribution in [0.15, 0.2) is 4.79 Å². The number of carbonyl (C=O) groups is 1. The predicted molar refractivity (Wildman–Crippen MR) is 79.4 cm³/mol. The molecule has 0 aliphatic rings. The fraction of sp³-hybridized carbons (Fsp3) is 0.667. The summed E-state index contributed by atoms with van der Waals surface area (Å²) in [5.41, 5.74) is 0.133. The molecule has 0 aliphatic heterocycles. The Morgan fingerprint density at radius 3 is 2.38 bits per heavy atom. The predicted octanol–water partition coefficient (Wildman–Crippen LogP) is 2.15. The summed E-state index contributed by atoms with van der Waals surface area (Å²) in [5, 5.41) is 8.73. The highest BCUT2D eigenvalue weighted by Crippen LogP contribution is 2.30. The minimum Gasteiger partial charge on any atom is -0.481 e. The molecule has 0 aromatic carbocycles. The van der Waals surface area contributed by atoms with Crippen molar-refractivity contribution in [1.29, 1.82) is 0 Å². The van der Waals surface area contributed by atoms with E-state index in [4.69, 9.17) is 9.84 Å². The lowest BCUT2D eigenvalue weighted by atomic mass is 9.95. The van der Waals surface area contributed by atoms with E-state index in [1.165, 1.54) is 0 Å². The number of carboxylic acid groups (broad SMARTS) is 1. The third-order valence-electron chi connectivity index (χ3n) is 3.81. The topological polar surface area (TPSA) is 92.3 Å². The van der Waals surface area contributed by atoms with Crippen LogP contribution in [-0.4, -0.2) is 27.7 Å². The molecule has 118 valence electrons. The molecule has 1 heterocycles. The van der Waals surface area contributed by atoms with Gasteiger partial charge in [-0.3, -0.25) is 9.59 Å². The van der Waals surface area contributed by atoms with Gasteiger partial charge >= 0.3 is 5.97 Å². The number of rotatable bonds is 8. The number of ether oxygens (including phenoxy) is 1. The minimum absolute atomic E-state index is 0.0803. The molecule has 6 heteroatoms. The zero-order valence-corrected chi connectivity index (χ0v) is 13.2. The van der Waals surface area contributed by atoms with Gasteiger partial charge in [0.25, 0.3) is 5.56 Å². The molecular formula is C15H24N2O4. The Morgan fingerprint density at radius 2 is 1.95 bits per heavy atom. The zero-order valence-electron chi connectivity index (χ0n) is 13.2. The van der Waals surface area contributed by atoms with Crippen LogP contribution in [0.1, 0.15) is 57.1 Å². The van der Waals surface area contributed by atoms with Crippen LogP contribution in [0.3, 0.4) is 0 Å². The summed E-state index contributed by atoms with van der Waals surface area (Å²) in [6, 6.07) is 0. The van der Waals surface area contributed by atoms with Crippen molar-refractivity contribution in [3.63, 3.8) is 0 Å². The van der Waals surface area contributed by atoms with Crippen LogP contribution in [0.5, 0.6) is 0 Å². The summed E-state index contributed by atoms with van der Waals surface area (Å²) in [5.74, 6) is -0.403. The van der Waals surface area contributed by atoms with E-state index in [1.807, 2.05) is 20.8 Å². The first-order chi connectivity index (χ1) is 9.90. The van der Waals surface area contributed by atoms with Crippen LogP contribution >= 0.6 is 0 Å². The van der Waals surface area contributed by atoms with Crippen molar-refractivity contribution in [2.24, 2.45) is 0 Å². The second-order valence-corrected chi connectivity index (χ2v) is 5.01. The van der Waals surface area contributed by atoms with Crippen molar-refractivity contribution in [3.05, 3.63) is 27.4 Å². The number of aliphatic carboxylic acids is 1. The summed E-state index contributed by atoms with van der Waals surface area (Å²) >= 11 is 0. The number of nitrogens with one attached hydrogen (secondary N) is 1. The quantitative estimate of drug-likeness (QED) is 0.766. The maximum atomic E-state index is 12.2. The molecule has 0 amide bonds. The van der Waals surface area contributed by atoms with Crippen molar-refractivity contribution in [1.82, 2.24) is 9.97 Å². The lowest BCUT2D eigenvalue weighted by molar-refractivity contribution is -0.136. The largest absolute Gasteiger partial charge is 0.481 e. The molecule has 6 nitrogen and oxygen atoms in total. The molecular weight excluding hydrogens is 272 g/mol. The standard InChI is InChI=1S/C15H24N2O4/c1-5-15(6-2,21-7-3)14-16-10(4)11(13(20)17-14)8-9-12(18)19/h5-9H2,1-4H3,(H,18,19)(H,16,17,20). The van der Waals surface area contributed by atoms with Crippen molar-refractivity contribution in [3.8, 4) is 0 Å². The Hall–Kier alpha value is -1.69. The molecule has 0 aliphatic carbocycles. The van der Waals surface area contributed by atoms with Gasteiger partial charge in [-0.1, -0.05) is 13.8 Å². The van der Waals surface area contributed by atoms with Gasteiger partial charge in [-0.25, -0.2) is 4.98 Å². The smallest absolute Gasteiger partial charge is 0.303 e. The number of nitrogens with zero attached hydrogens (tertiary/aromatic N) is 1. The number of aromatic amines is 1. The van der Waals surface area contributed by atoms with E-state index >= 15 is 0 Å². The van der Waals surface area contributed by atoms with Gasteiger partial charge in [0, 0.05) is 24.3 Å². The average molecular weight is 296 g/mol. The molecule has 1 aromatic rings. The van der Waals surface area contributed by atoms with E-state index < -0.39 is 11.6 Å². The number of carboxylic acids is 1. The van der Waals surface area contributed by atoms with E-state index in [2.05, 4.69) is 9.97 Å². The lowest BCUT2D eigenvalue weighted by Crippen LogP contribution is -2.34. The number of hydrogen-bond donors (Lipinski definition) is 2. The molecule has 0 fully saturated rings. The van der Waals surface area contributed by atoms with E-state index in [0.29, 0.717) is 36.5 Å². The highest BCUT2D eigenvalue weighted by atomic mass is 16.5. The Morgan fingerprint density at radius 1 is 1.33 bits per heavy atom. The van der Waals surface area contributed by atoms with Crippen LogP contribution in [0, 0.1) is 6.92 Å². The Bertz CT molecular complexity index is 547. The van der Waals surface area contributed by atoms with Crippen LogP contribution in [0.4, 0.5) is 0 Å². The van der Waals surface area contributed by atoms with E-state index in [1.54, 1.807) is 6.92 Å². The lowest BCUT2D eigenvalue weighted by Gasteiger charge is -2.30. The van der Waals surface area contributed by atoms with Crippen LogP contribution in [-0.2, 0) is 21.6 Å². The second-order valence-electron chi connectivity index (χ2n) is 5.01. The average Bonchev–Trinajstić information content (AvgIpc) is 2.43. The third-order valence-corrected chi connectivity index (χ3v) is 3.81. The van der Waals surface area contributed by atoms with Gasteiger partial charge in [0.1, 0.15) is 11.4 Å². The van der Waals surface area contributed by atoms with Crippen molar-refractivity contribution < 1.29 is 14.6 Å². The Labute approximate surface area is 124 Å². The molecule has 0 atom stereocenters.